The van der Waals surface area contributed by atoms with Crippen molar-refractivity contribution >= 4 is 21.5 Å². The fourth-order valence-corrected chi connectivity index (χ4v) is 3.10. The maximum absolute atomic E-state index is 13.1. The molecule has 0 saturated carbocycles. The second kappa shape index (κ2) is 5.27. The van der Waals surface area contributed by atoms with Crippen LogP contribution in [0.4, 0.5) is 4.39 Å². The van der Waals surface area contributed by atoms with Gasteiger partial charge in [0.1, 0.15) is 5.82 Å². The van der Waals surface area contributed by atoms with E-state index in [2.05, 4.69) is 54.6 Å². The van der Waals surface area contributed by atoms with Crippen LogP contribution in [-0.4, -0.2) is 0 Å². The lowest BCUT2D eigenvalue weighted by molar-refractivity contribution is 0.627. The van der Waals surface area contributed by atoms with Gasteiger partial charge in [-0.2, -0.15) is 0 Å². The van der Waals surface area contributed by atoms with Crippen LogP contribution in [0.2, 0.25) is 0 Å². The largest absolute Gasteiger partial charge is 0.207 e. The van der Waals surface area contributed by atoms with E-state index in [0.717, 1.165) is 12.0 Å². The number of fused-ring (bicyclic) bond motifs is 2. The molecule has 0 fully saturated rings. The zero-order chi connectivity index (χ0) is 14.9. The van der Waals surface area contributed by atoms with Crippen molar-refractivity contribution in [2.24, 2.45) is 0 Å². The molecule has 0 aliphatic carbocycles. The van der Waals surface area contributed by atoms with Crippen molar-refractivity contribution in [2.45, 2.75) is 6.42 Å². The minimum absolute atomic E-state index is 0.188. The van der Waals surface area contributed by atoms with Crippen molar-refractivity contribution in [3.63, 3.8) is 0 Å². The van der Waals surface area contributed by atoms with E-state index >= 15 is 0 Å². The Morgan fingerprint density at radius 3 is 1.77 bits per heavy atom. The lowest BCUT2D eigenvalue weighted by Gasteiger charge is -2.12. The van der Waals surface area contributed by atoms with Crippen molar-refractivity contribution in [3.05, 3.63) is 95.8 Å². The molecule has 0 aromatic heterocycles. The van der Waals surface area contributed by atoms with Gasteiger partial charge in [0.15, 0.2) is 0 Å². The Morgan fingerprint density at radius 1 is 0.636 bits per heavy atom. The van der Waals surface area contributed by atoms with Crippen molar-refractivity contribution < 1.29 is 4.39 Å². The average Bonchev–Trinajstić information content (AvgIpc) is 2.56. The quantitative estimate of drug-likeness (QED) is 0.413. The highest BCUT2D eigenvalue weighted by atomic mass is 19.1. The number of benzene rings is 4. The van der Waals surface area contributed by atoms with Gasteiger partial charge in [-0.1, -0.05) is 60.7 Å². The molecule has 4 aromatic rings. The summed E-state index contributed by atoms with van der Waals surface area (Å²) in [5.41, 5.74) is 2.43. The molecule has 0 atom stereocenters. The lowest BCUT2D eigenvalue weighted by atomic mass is 9.92. The number of rotatable bonds is 2. The van der Waals surface area contributed by atoms with Gasteiger partial charge in [-0.3, -0.25) is 0 Å². The summed E-state index contributed by atoms with van der Waals surface area (Å²) in [6.07, 6.45) is 0.808. The van der Waals surface area contributed by atoms with Crippen LogP contribution >= 0.6 is 0 Å². The standard InChI is InChI=1S/C21H15F/c22-18-11-9-15(10-12-18)13-21-19-7-3-1-5-16(19)14-17-6-2-4-8-20(17)21/h1-12,14H,13H2. The summed E-state index contributed by atoms with van der Waals surface area (Å²) >= 11 is 0. The zero-order valence-electron chi connectivity index (χ0n) is 12.1. The zero-order valence-corrected chi connectivity index (χ0v) is 12.1. The highest BCUT2D eigenvalue weighted by Crippen LogP contribution is 2.30. The molecule has 0 nitrogen and oxygen atoms in total. The van der Waals surface area contributed by atoms with Gasteiger partial charge in [-0.25, -0.2) is 4.39 Å². The normalized spacial score (nSPS) is 11.1. The summed E-state index contributed by atoms with van der Waals surface area (Å²) in [7, 11) is 0. The summed E-state index contributed by atoms with van der Waals surface area (Å²) in [5.74, 6) is -0.188. The number of hydrogen-bond acceptors (Lipinski definition) is 0. The minimum Gasteiger partial charge on any atom is -0.207 e. The third-order valence-corrected chi connectivity index (χ3v) is 4.18. The minimum atomic E-state index is -0.188. The monoisotopic (exact) mass is 286 g/mol. The Labute approximate surface area is 128 Å². The molecule has 0 spiro atoms. The summed E-state index contributed by atoms with van der Waals surface area (Å²) in [5, 5.41) is 5.03. The molecule has 0 radical (unpaired) electrons. The van der Waals surface area contributed by atoms with E-state index in [0.29, 0.717) is 0 Å². The van der Waals surface area contributed by atoms with Gasteiger partial charge in [0.25, 0.3) is 0 Å². The van der Waals surface area contributed by atoms with E-state index in [1.165, 1.54) is 39.2 Å². The molecule has 0 aliphatic rings. The van der Waals surface area contributed by atoms with E-state index in [4.69, 9.17) is 0 Å². The molecule has 0 amide bonds. The SMILES string of the molecule is Fc1ccc(Cc2c3ccccc3cc3ccccc23)cc1. The molecular weight excluding hydrogens is 271 g/mol. The molecule has 0 aliphatic heterocycles. The Balaban J connectivity index is 1.97. The van der Waals surface area contributed by atoms with Crippen LogP contribution in [0.5, 0.6) is 0 Å². The number of halogens is 1. The molecule has 0 bridgehead atoms. The van der Waals surface area contributed by atoms with Crippen molar-refractivity contribution in [1.82, 2.24) is 0 Å². The summed E-state index contributed by atoms with van der Waals surface area (Å²) < 4.78 is 13.1. The maximum atomic E-state index is 13.1. The van der Waals surface area contributed by atoms with Gasteiger partial charge in [0.2, 0.25) is 0 Å². The maximum Gasteiger partial charge on any atom is 0.123 e. The second-order valence-corrected chi connectivity index (χ2v) is 5.60. The van der Waals surface area contributed by atoms with Crippen molar-refractivity contribution in [1.29, 1.82) is 0 Å². The molecule has 22 heavy (non-hydrogen) atoms. The van der Waals surface area contributed by atoms with Crippen LogP contribution in [0.1, 0.15) is 11.1 Å². The van der Waals surface area contributed by atoms with Crippen LogP contribution < -0.4 is 0 Å². The first kappa shape index (κ1) is 13.0. The topological polar surface area (TPSA) is 0 Å². The molecule has 0 saturated heterocycles. The van der Waals surface area contributed by atoms with Crippen LogP contribution in [0, 0.1) is 5.82 Å². The molecule has 0 heterocycles. The van der Waals surface area contributed by atoms with E-state index in [-0.39, 0.29) is 5.82 Å². The van der Waals surface area contributed by atoms with E-state index in [1.54, 1.807) is 0 Å². The van der Waals surface area contributed by atoms with Gasteiger partial charge in [-0.05, 0) is 57.3 Å². The average molecular weight is 286 g/mol. The van der Waals surface area contributed by atoms with Gasteiger partial charge >= 0.3 is 0 Å². The van der Waals surface area contributed by atoms with Crippen LogP contribution in [0.25, 0.3) is 21.5 Å². The van der Waals surface area contributed by atoms with Crippen molar-refractivity contribution in [2.75, 3.05) is 0 Å². The Morgan fingerprint density at radius 2 is 1.18 bits per heavy atom. The molecule has 4 rings (SSSR count). The first-order chi connectivity index (χ1) is 10.8. The summed E-state index contributed by atoms with van der Waals surface area (Å²) in [4.78, 5) is 0. The van der Waals surface area contributed by atoms with Crippen LogP contribution in [-0.2, 0) is 6.42 Å². The van der Waals surface area contributed by atoms with Gasteiger partial charge in [-0.15, -0.1) is 0 Å². The van der Waals surface area contributed by atoms with Gasteiger partial charge < -0.3 is 0 Å². The Kier molecular flexibility index (Phi) is 3.12. The molecule has 0 unspecified atom stereocenters. The first-order valence-electron chi connectivity index (χ1n) is 7.45. The highest BCUT2D eigenvalue weighted by Gasteiger charge is 2.08. The fourth-order valence-electron chi connectivity index (χ4n) is 3.10. The summed E-state index contributed by atoms with van der Waals surface area (Å²) in [6, 6.07) is 25.9. The van der Waals surface area contributed by atoms with E-state index in [9.17, 15) is 4.39 Å². The van der Waals surface area contributed by atoms with Gasteiger partial charge in [0.05, 0.1) is 0 Å². The predicted molar refractivity (Wildman–Crippen MR) is 90.7 cm³/mol. The third kappa shape index (κ3) is 2.25. The number of hydrogen-bond donors (Lipinski definition) is 0. The van der Waals surface area contributed by atoms with Crippen LogP contribution in [0.15, 0.2) is 78.9 Å². The first-order valence-corrected chi connectivity index (χ1v) is 7.45. The smallest absolute Gasteiger partial charge is 0.123 e. The molecule has 106 valence electrons. The third-order valence-electron chi connectivity index (χ3n) is 4.18. The van der Waals surface area contributed by atoms with Crippen LogP contribution in [0.3, 0.4) is 0 Å². The molecular formula is C21H15F. The van der Waals surface area contributed by atoms with Crippen molar-refractivity contribution in [3.8, 4) is 0 Å². The molecule has 4 aromatic carbocycles. The second-order valence-electron chi connectivity index (χ2n) is 5.60. The predicted octanol–water partition coefficient (Wildman–Crippen LogP) is 5.72. The van der Waals surface area contributed by atoms with E-state index in [1.807, 2.05) is 12.1 Å². The molecule has 0 N–H and O–H groups in total. The molecule has 1 heteroatoms. The lowest BCUT2D eigenvalue weighted by Crippen LogP contribution is -1.92. The fraction of sp³-hybridized carbons (Fsp3) is 0.0476. The van der Waals surface area contributed by atoms with Gasteiger partial charge in [0, 0.05) is 0 Å². The Bertz CT molecular complexity index is 898. The Hall–Kier alpha value is -2.67. The van der Waals surface area contributed by atoms with E-state index < -0.39 is 0 Å². The summed E-state index contributed by atoms with van der Waals surface area (Å²) in [6.45, 7) is 0. The highest BCUT2D eigenvalue weighted by molar-refractivity contribution is 6.02.